The number of benzene rings is 2. The molecule has 0 saturated carbocycles. The van der Waals surface area contributed by atoms with Gasteiger partial charge in [-0.25, -0.2) is 0 Å². The van der Waals surface area contributed by atoms with Gasteiger partial charge < -0.3 is 15.1 Å². The summed E-state index contributed by atoms with van der Waals surface area (Å²) < 4.78 is 0. The molecule has 0 atom stereocenters. The van der Waals surface area contributed by atoms with Crippen molar-refractivity contribution in [3.8, 4) is 0 Å². The summed E-state index contributed by atoms with van der Waals surface area (Å²) in [6.45, 7) is 0.114. The molecule has 2 aromatic rings. The standard InChI is InChI=1S/C19H19ClN4O4/c1-23(2)12-15(19(25)22-17-7-5-16(20)6-8-17)11-21-28-13-14-3-9-18(10-4-14)24(26)27/h3-12H,13H2,1-2H3,(H,22,25)/b15-12+,21-11+. The molecule has 0 spiro atoms. The maximum absolute atomic E-state index is 12.4. The van der Waals surface area contributed by atoms with E-state index in [1.807, 2.05) is 0 Å². The summed E-state index contributed by atoms with van der Waals surface area (Å²) in [5.41, 5.74) is 1.59. The van der Waals surface area contributed by atoms with E-state index in [1.165, 1.54) is 18.3 Å². The second kappa shape index (κ2) is 10.1. The van der Waals surface area contributed by atoms with E-state index in [2.05, 4.69) is 10.5 Å². The van der Waals surface area contributed by atoms with Crippen LogP contribution in [0.15, 0.2) is 65.5 Å². The van der Waals surface area contributed by atoms with Crippen molar-refractivity contribution in [3.05, 3.63) is 81.0 Å². The number of hydrogen-bond acceptors (Lipinski definition) is 6. The smallest absolute Gasteiger partial charge is 0.269 e. The summed E-state index contributed by atoms with van der Waals surface area (Å²) in [5, 5.41) is 17.8. The number of anilines is 1. The number of nitrogens with one attached hydrogen (secondary N) is 1. The average molecular weight is 403 g/mol. The highest BCUT2D eigenvalue weighted by Gasteiger charge is 2.09. The summed E-state index contributed by atoms with van der Waals surface area (Å²) in [4.78, 5) is 29.5. The van der Waals surface area contributed by atoms with Crippen molar-refractivity contribution in [1.29, 1.82) is 0 Å². The fourth-order valence-electron chi connectivity index (χ4n) is 2.08. The molecule has 9 heteroatoms. The van der Waals surface area contributed by atoms with E-state index in [1.54, 1.807) is 61.6 Å². The van der Waals surface area contributed by atoms with Crippen LogP contribution >= 0.6 is 11.6 Å². The Balaban J connectivity index is 1.98. The highest BCUT2D eigenvalue weighted by molar-refractivity contribution is 6.30. The van der Waals surface area contributed by atoms with E-state index >= 15 is 0 Å². The Kier molecular flexibility index (Phi) is 7.53. The van der Waals surface area contributed by atoms with Crippen molar-refractivity contribution in [2.24, 2.45) is 5.16 Å². The number of carbonyl (C=O) groups is 1. The van der Waals surface area contributed by atoms with Gasteiger partial charge >= 0.3 is 0 Å². The molecular formula is C19H19ClN4O4. The molecule has 146 valence electrons. The molecule has 0 aliphatic rings. The van der Waals surface area contributed by atoms with Crippen molar-refractivity contribution in [1.82, 2.24) is 4.90 Å². The molecule has 0 aromatic heterocycles. The predicted molar refractivity (Wildman–Crippen MR) is 108 cm³/mol. The van der Waals surface area contributed by atoms with Crippen molar-refractivity contribution in [3.63, 3.8) is 0 Å². The van der Waals surface area contributed by atoms with Crippen molar-refractivity contribution >= 4 is 35.1 Å². The maximum atomic E-state index is 12.4. The van der Waals surface area contributed by atoms with Gasteiger partial charge in [-0.3, -0.25) is 14.9 Å². The minimum atomic E-state index is -0.472. The van der Waals surface area contributed by atoms with Crippen LogP contribution in [0.3, 0.4) is 0 Å². The monoisotopic (exact) mass is 402 g/mol. The lowest BCUT2D eigenvalue weighted by Crippen LogP contribution is -2.18. The van der Waals surface area contributed by atoms with Crippen LogP contribution in [0.4, 0.5) is 11.4 Å². The molecule has 0 fully saturated rings. The first-order chi connectivity index (χ1) is 13.3. The molecule has 0 aliphatic heterocycles. The zero-order chi connectivity index (χ0) is 20.5. The van der Waals surface area contributed by atoms with Crippen LogP contribution in [0.1, 0.15) is 5.56 Å². The summed E-state index contributed by atoms with van der Waals surface area (Å²) >= 11 is 5.84. The van der Waals surface area contributed by atoms with Crippen LogP contribution in [0, 0.1) is 10.1 Å². The number of nitro groups is 1. The Labute approximate surface area is 167 Å². The summed E-state index contributed by atoms with van der Waals surface area (Å²) in [5.74, 6) is -0.362. The van der Waals surface area contributed by atoms with Crippen molar-refractivity contribution in [2.75, 3.05) is 19.4 Å². The zero-order valence-electron chi connectivity index (χ0n) is 15.3. The normalized spacial score (nSPS) is 11.3. The van der Waals surface area contributed by atoms with Gasteiger partial charge in [-0.1, -0.05) is 16.8 Å². The molecule has 0 heterocycles. The van der Waals surface area contributed by atoms with Crippen LogP contribution in [0.25, 0.3) is 0 Å². The van der Waals surface area contributed by atoms with E-state index in [0.717, 1.165) is 0 Å². The topological polar surface area (TPSA) is 97.1 Å². The summed E-state index contributed by atoms with van der Waals surface area (Å²) in [7, 11) is 3.56. The number of oxime groups is 1. The number of rotatable bonds is 8. The Morgan fingerprint density at radius 3 is 2.43 bits per heavy atom. The lowest BCUT2D eigenvalue weighted by molar-refractivity contribution is -0.384. The molecule has 1 N–H and O–H groups in total. The SMILES string of the molecule is CN(C)/C=C(\C=N\OCc1ccc([N+](=O)[O-])cc1)C(=O)Nc1ccc(Cl)cc1. The van der Waals surface area contributed by atoms with Gasteiger partial charge in [-0.2, -0.15) is 0 Å². The minimum absolute atomic E-state index is 0.00215. The first-order valence-corrected chi connectivity index (χ1v) is 8.57. The van der Waals surface area contributed by atoms with E-state index in [9.17, 15) is 14.9 Å². The quantitative estimate of drug-likeness (QED) is 0.313. The second-order valence-corrected chi connectivity index (χ2v) is 6.38. The predicted octanol–water partition coefficient (Wildman–Crippen LogP) is 3.83. The van der Waals surface area contributed by atoms with E-state index < -0.39 is 4.92 Å². The van der Waals surface area contributed by atoms with Crippen LogP contribution in [-0.4, -0.2) is 36.0 Å². The maximum Gasteiger partial charge on any atom is 0.269 e. The van der Waals surface area contributed by atoms with Gasteiger partial charge in [0.25, 0.3) is 11.6 Å². The first-order valence-electron chi connectivity index (χ1n) is 8.19. The molecule has 28 heavy (non-hydrogen) atoms. The number of non-ortho nitro benzene ring substituents is 1. The molecule has 0 unspecified atom stereocenters. The molecule has 1 amide bonds. The Morgan fingerprint density at radius 1 is 1.21 bits per heavy atom. The van der Waals surface area contributed by atoms with E-state index in [0.29, 0.717) is 16.3 Å². The van der Waals surface area contributed by atoms with Gasteiger partial charge in [0.1, 0.15) is 6.61 Å². The first kappa shape index (κ1) is 20.9. The Morgan fingerprint density at radius 2 is 1.86 bits per heavy atom. The number of nitrogens with zero attached hydrogens (tertiary/aromatic N) is 3. The molecule has 2 rings (SSSR count). The lowest BCUT2D eigenvalue weighted by atomic mass is 10.2. The largest absolute Gasteiger partial charge is 0.391 e. The summed E-state index contributed by atoms with van der Waals surface area (Å²) in [6.07, 6.45) is 2.90. The molecule has 0 bridgehead atoms. The van der Waals surface area contributed by atoms with Crippen LogP contribution in [0.5, 0.6) is 0 Å². The fourth-order valence-corrected chi connectivity index (χ4v) is 2.21. The van der Waals surface area contributed by atoms with Gasteiger partial charge in [0.05, 0.1) is 16.7 Å². The molecule has 0 saturated heterocycles. The van der Waals surface area contributed by atoms with E-state index in [4.69, 9.17) is 16.4 Å². The minimum Gasteiger partial charge on any atom is -0.391 e. The lowest BCUT2D eigenvalue weighted by Gasteiger charge is -2.09. The molecule has 0 aliphatic carbocycles. The number of halogens is 1. The van der Waals surface area contributed by atoms with Crippen LogP contribution in [-0.2, 0) is 16.2 Å². The second-order valence-electron chi connectivity index (χ2n) is 5.94. The molecule has 8 nitrogen and oxygen atoms in total. The fraction of sp³-hybridized carbons (Fsp3) is 0.158. The van der Waals surface area contributed by atoms with Crippen LogP contribution < -0.4 is 5.32 Å². The molecular weight excluding hydrogens is 384 g/mol. The molecule has 2 aromatic carbocycles. The summed E-state index contributed by atoms with van der Waals surface area (Å²) in [6, 6.07) is 12.7. The zero-order valence-corrected chi connectivity index (χ0v) is 16.1. The van der Waals surface area contributed by atoms with Gasteiger partial charge in [0.2, 0.25) is 0 Å². The van der Waals surface area contributed by atoms with Gasteiger partial charge in [0, 0.05) is 43.1 Å². The Hall–Kier alpha value is -3.39. The highest BCUT2D eigenvalue weighted by Crippen LogP contribution is 2.14. The van der Waals surface area contributed by atoms with Gasteiger partial charge in [-0.05, 0) is 42.0 Å². The third-order valence-corrected chi connectivity index (χ3v) is 3.66. The van der Waals surface area contributed by atoms with E-state index in [-0.39, 0.29) is 23.8 Å². The van der Waals surface area contributed by atoms with Crippen molar-refractivity contribution in [2.45, 2.75) is 6.61 Å². The third-order valence-electron chi connectivity index (χ3n) is 3.41. The Bertz CT molecular complexity index is 878. The number of nitro benzene ring substituents is 1. The van der Waals surface area contributed by atoms with Gasteiger partial charge in [0.15, 0.2) is 0 Å². The number of carbonyl (C=O) groups excluding carboxylic acids is 1. The highest BCUT2D eigenvalue weighted by atomic mass is 35.5. The van der Waals surface area contributed by atoms with Gasteiger partial charge in [-0.15, -0.1) is 0 Å². The van der Waals surface area contributed by atoms with Crippen LogP contribution in [0.2, 0.25) is 5.02 Å². The average Bonchev–Trinajstić information content (AvgIpc) is 2.66. The van der Waals surface area contributed by atoms with Crippen molar-refractivity contribution < 1.29 is 14.6 Å². The third kappa shape index (κ3) is 6.73. The molecule has 0 radical (unpaired) electrons. The number of amides is 1. The number of hydrogen-bond donors (Lipinski definition) is 1.